The van der Waals surface area contributed by atoms with Gasteiger partial charge in [0.05, 0.1) is 12.8 Å². The summed E-state index contributed by atoms with van der Waals surface area (Å²) < 4.78 is 5.79. The Labute approximate surface area is 120 Å². The molecule has 0 atom stereocenters. The molecule has 0 fully saturated rings. The van der Waals surface area contributed by atoms with Crippen LogP contribution in [0.2, 0.25) is 0 Å². The van der Waals surface area contributed by atoms with Gasteiger partial charge in [0.15, 0.2) is 6.29 Å². The molecule has 0 aliphatic heterocycles. The summed E-state index contributed by atoms with van der Waals surface area (Å²) >= 11 is 3.29. The van der Waals surface area contributed by atoms with Crippen LogP contribution in [0.4, 0.5) is 0 Å². The molecular formula is C15H12BrNO2. The van der Waals surface area contributed by atoms with Crippen molar-refractivity contribution in [3.63, 3.8) is 0 Å². The highest BCUT2D eigenvalue weighted by atomic mass is 79.9. The standard InChI is InChI=1S/C15H12BrNO2/c1-19-13-7-5-11(6-8-13)9-12(10-18)14-3-2-4-15(16)17-14/h2-10H,1H3. The minimum absolute atomic E-state index is 0.534. The quantitative estimate of drug-likeness (QED) is 0.491. The molecule has 4 heteroatoms. The Balaban J connectivity index is 2.35. The third kappa shape index (κ3) is 3.51. The fourth-order valence-electron chi connectivity index (χ4n) is 1.62. The normalized spacial score (nSPS) is 11.2. The molecule has 96 valence electrons. The average Bonchev–Trinajstić information content (AvgIpc) is 2.45. The zero-order valence-electron chi connectivity index (χ0n) is 10.3. The van der Waals surface area contributed by atoms with Gasteiger partial charge < -0.3 is 4.74 Å². The summed E-state index contributed by atoms with van der Waals surface area (Å²) in [5, 5.41) is 0. The van der Waals surface area contributed by atoms with Crippen LogP contribution in [-0.4, -0.2) is 18.4 Å². The zero-order valence-corrected chi connectivity index (χ0v) is 11.9. The van der Waals surface area contributed by atoms with Crippen molar-refractivity contribution in [2.45, 2.75) is 0 Å². The number of halogens is 1. The Kier molecular flexibility index (Phi) is 4.47. The van der Waals surface area contributed by atoms with Crippen LogP contribution in [0.5, 0.6) is 5.75 Å². The van der Waals surface area contributed by atoms with Gasteiger partial charge in [-0.1, -0.05) is 18.2 Å². The van der Waals surface area contributed by atoms with E-state index in [1.807, 2.05) is 36.4 Å². The number of allylic oxidation sites excluding steroid dienone is 1. The lowest BCUT2D eigenvalue weighted by molar-refractivity contribution is -0.103. The van der Waals surface area contributed by atoms with Gasteiger partial charge in [-0.15, -0.1) is 0 Å². The molecule has 0 saturated carbocycles. The van der Waals surface area contributed by atoms with E-state index < -0.39 is 0 Å². The molecule has 0 unspecified atom stereocenters. The molecule has 0 saturated heterocycles. The SMILES string of the molecule is COc1ccc(C=C(C=O)c2cccc(Br)n2)cc1. The fraction of sp³-hybridized carbons (Fsp3) is 0.0667. The molecule has 0 bridgehead atoms. The molecule has 3 nitrogen and oxygen atoms in total. The van der Waals surface area contributed by atoms with Gasteiger partial charge in [-0.25, -0.2) is 4.98 Å². The summed E-state index contributed by atoms with van der Waals surface area (Å²) in [7, 11) is 1.62. The number of rotatable bonds is 4. The van der Waals surface area contributed by atoms with Gasteiger partial charge in [-0.05, 0) is 51.8 Å². The summed E-state index contributed by atoms with van der Waals surface area (Å²) in [4.78, 5) is 15.5. The first kappa shape index (κ1) is 13.5. The van der Waals surface area contributed by atoms with Crippen molar-refractivity contribution in [1.82, 2.24) is 4.98 Å². The molecule has 0 N–H and O–H groups in total. The van der Waals surface area contributed by atoms with Gasteiger partial charge in [-0.2, -0.15) is 0 Å². The topological polar surface area (TPSA) is 39.2 Å². The number of hydrogen-bond donors (Lipinski definition) is 0. The monoisotopic (exact) mass is 317 g/mol. The van der Waals surface area contributed by atoms with Gasteiger partial charge in [0, 0.05) is 5.57 Å². The van der Waals surface area contributed by atoms with Crippen molar-refractivity contribution in [3.05, 3.63) is 58.3 Å². The smallest absolute Gasteiger partial charge is 0.152 e. The van der Waals surface area contributed by atoms with Gasteiger partial charge in [0.2, 0.25) is 0 Å². The lowest BCUT2D eigenvalue weighted by Gasteiger charge is -2.02. The summed E-state index contributed by atoms with van der Waals surface area (Å²) in [5.41, 5.74) is 2.09. The highest BCUT2D eigenvalue weighted by molar-refractivity contribution is 9.10. The van der Waals surface area contributed by atoms with Crippen LogP contribution in [-0.2, 0) is 4.79 Å². The highest BCUT2D eigenvalue weighted by Crippen LogP contribution is 2.18. The van der Waals surface area contributed by atoms with E-state index in [1.165, 1.54) is 0 Å². The maximum atomic E-state index is 11.2. The van der Waals surface area contributed by atoms with Crippen molar-refractivity contribution in [1.29, 1.82) is 0 Å². The maximum Gasteiger partial charge on any atom is 0.152 e. The average molecular weight is 318 g/mol. The second-order valence-electron chi connectivity index (χ2n) is 3.84. The van der Waals surface area contributed by atoms with Crippen molar-refractivity contribution in [3.8, 4) is 5.75 Å². The Morgan fingerprint density at radius 2 is 1.95 bits per heavy atom. The molecule has 19 heavy (non-hydrogen) atoms. The largest absolute Gasteiger partial charge is 0.497 e. The third-order valence-corrected chi connectivity index (χ3v) is 3.02. The van der Waals surface area contributed by atoms with E-state index in [4.69, 9.17) is 4.74 Å². The number of pyridine rings is 1. The molecule has 2 rings (SSSR count). The summed E-state index contributed by atoms with van der Waals surface area (Å²) in [6, 6.07) is 12.9. The Morgan fingerprint density at radius 3 is 2.53 bits per heavy atom. The van der Waals surface area contributed by atoms with Gasteiger partial charge in [0.25, 0.3) is 0 Å². The Morgan fingerprint density at radius 1 is 1.21 bits per heavy atom. The highest BCUT2D eigenvalue weighted by Gasteiger charge is 2.03. The van der Waals surface area contributed by atoms with Gasteiger partial charge >= 0.3 is 0 Å². The number of methoxy groups -OCH3 is 1. The van der Waals surface area contributed by atoms with Crippen LogP contribution in [0.25, 0.3) is 11.6 Å². The van der Waals surface area contributed by atoms with Crippen LogP contribution in [0.1, 0.15) is 11.3 Å². The summed E-state index contributed by atoms with van der Waals surface area (Å²) in [5.74, 6) is 0.783. The fourth-order valence-corrected chi connectivity index (χ4v) is 1.96. The van der Waals surface area contributed by atoms with E-state index >= 15 is 0 Å². The number of aromatic nitrogens is 1. The molecule has 0 spiro atoms. The number of hydrogen-bond acceptors (Lipinski definition) is 3. The molecule has 1 aromatic heterocycles. The lowest BCUT2D eigenvalue weighted by Crippen LogP contribution is -1.91. The van der Waals surface area contributed by atoms with Crippen LogP contribution in [0.3, 0.4) is 0 Å². The predicted octanol–water partition coefficient (Wildman–Crippen LogP) is 3.59. The van der Waals surface area contributed by atoms with Gasteiger partial charge in [0.1, 0.15) is 10.4 Å². The van der Waals surface area contributed by atoms with Crippen molar-refractivity contribution in [2.24, 2.45) is 0 Å². The van der Waals surface area contributed by atoms with Crippen LogP contribution >= 0.6 is 15.9 Å². The number of ether oxygens (including phenoxy) is 1. The van der Waals surface area contributed by atoms with Crippen molar-refractivity contribution >= 4 is 33.9 Å². The van der Waals surface area contributed by atoms with E-state index in [2.05, 4.69) is 20.9 Å². The second kappa shape index (κ2) is 6.29. The molecule has 0 radical (unpaired) electrons. The van der Waals surface area contributed by atoms with Crippen molar-refractivity contribution in [2.75, 3.05) is 7.11 Å². The van der Waals surface area contributed by atoms with E-state index in [-0.39, 0.29) is 0 Å². The molecular weight excluding hydrogens is 306 g/mol. The van der Waals surface area contributed by atoms with Gasteiger partial charge in [-0.3, -0.25) is 4.79 Å². The first-order valence-electron chi connectivity index (χ1n) is 5.67. The van der Waals surface area contributed by atoms with E-state index in [0.717, 1.165) is 17.6 Å². The number of carbonyl (C=O) groups is 1. The summed E-state index contributed by atoms with van der Waals surface area (Å²) in [6.45, 7) is 0. The lowest BCUT2D eigenvalue weighted by atomic mass is 10.1. The molecule has 1 aromatic carbocycles. The Hall–Kier alpha value is -1.94. The predicted molar refractivity (Wildman–Crippen MR) is 78.9 cm³/mol. The van der Waals surface area contributed by atoms with E-state index in [0.29, 0.717) is 15.9 Å². The van der Waals surface area contributed by atoms with Crippen LogP contribution < -0.4 is 4.74 Å². The minimum atomic E-state index is 0.534. The zero-order chi connectivity index (χ0) is 13.7. The molecule has 0 amide bonds. The van der Waals surface area contributed by atoms with E-state index in [1.54, 1.807) is 19.3 Å². The number of carbonyl (C=O) groups excluding carboxylic acids is 1. The molecule has 0 aliphatic carbocycles. The first-order valence-corrected chi connectivity index (χ1v) is 6.46. The Bertz CT molecular complexity index is 606. The number of benzene rings is 1. The number of nitrogens with zero attached hydrogens (tertiary/aromatic N) is 1. The van der Waals surface area contributed by atoms with Crippen LogP contribution in [0, 0.1) is 0 Å². The first-order chi connectivity index (χ1) is 9.22. The molecule has 2 aromatic rings. The van der Waals surface area contributed by atoms with Crippen molar-refractivity contribution < 1.29 is 9.53 Å². The van der Waals surface area contributed by atoms with Crippen LogP contribution in [0.15, 0.2) is 47.1 Å². The number of aldehydes is 1. The minimum Gasteiger partial charge on any atom is -0.497 e. The summed E-state index contributed by atoms with van der Waals surface area (Å²) in [6.07, 6.45) is 2.60. The maximum absolute atomic E-state index is 11.2. The second-order valence-corrected chi connectivity index (χ2v) is 4.65. The third-order valence-electron chi connectivity index (χ3n) is 2.58. The van der Waals surface area contributed by atoms with E-state index in [9.17, 15) is 4.79 Å². The molecule has 0 aliphatic rings. The molecule has 1 heterocycles.